The molecule has 0 radical (unpaired) electrons. The van der Waals surface area contributed by atoms with Crippen molar-refractivity contribution in [2.75, 3.05) is 59.5 Å². The van der Waals surface area contributed by atoms with E-state index in [0.29, 0.717) is 48.8 Å². The molecule has 2 aliphatic rings. The van der Waals surface area contributed by atoms with E-state index in [-0.39, 0.29) is 11.8 Å². The number of rotatable bonds is 6. The Labute approximate surface area is 222 Å². The van der Waals surface area contributed by atoms with E-state index in [1.807, 2.05) is 41.3 Å². The number of methoxy groups -OCH3 is 3. The van der Waals surface area contributed by atoms with Crippen molar-refractivity contribution in [3.8, 4) is 17.2 Å². The molecule has 3 heterocycles. The number of anilines is 1. The largest absolute Gasteiger partial charge is 0.495 e. The number of para-hydroxylation sites is 2. The second-order valence-corrected chi connectivity index (χ2v) is 9.40. The van der Waals surface area contributed by atoms with Gasteiger partial charge in [-0.1, -0.05) is 18.2 Å². The standard InChI is InChI=1S/C29H32N4O5/c1-31-27(19-8-7-11-30-18-19)26(20-16-24(37-3)25(38-4)17-21(20)28(31)34)29(35)33-14-12-32(13-15-33)22-9-5-6-10-23(22)36-2/h5-11,16-18,26-27H,12-15H2,1-4H3/t26-,27+/m0/s1. The summed E-state index contributed by atoms with van der Waals surface area (Å²) in [5.74, 6) is 0.892. The highest BCUT2D eigenvalue weighted by molar-refractivity contribution is 6.02. The number of benzene rings is 2. The molecule has 0 N–H and O–H groups in total. The van der Waals surface area contributed by atoms with Crippen molar-refractivity contribution >= 4 is 17.5 Å². The highest BCUT2D eigenvalue weighted by atomic mass is 16.5. The van der Waals surface area contributed by atoms with Gasteiger partial charge in [-0.05, 0) is 41.5 Å². The van der Waals surface area contributed by atoms with E-state index in [0.717, 1.165) is 17.0 Å². The highest BCUT2D eigenvalue weighted by Gasteiger charge is 2.45. The van der Waals surface area contributed by atoms with Gasteiger partial charge >= 0.3 is 0 Å². The highest BCUT2D eigenvalue weighted by Crippen LogP contribution is 2.46. The van der Waals surface area contributed by atoms with Crippen LogP contribution in [0.3, 0.4) is 0 Å². The van der Waals surface area contributed by atoms with Crippen LogP contribution in [-0.4, -0.2) is 81.2 Å². The van der Waals surface area contributed by atoms with Crippen molar-refractivity contribution in [3.05, 3.63) is 77.6 Å². The van der Waals surface area contributed by atoms with Gasteiger partial charge in [0.15, 0.2) is 11.5 Å². The van der Waals surface area contributed by atoms with Crippen LogP contribution >= 0.6 is 0 Å². The third-order valence-electron chi connectivity index (χ3n) is 7.48. The zero-order valence-corrected chi connectivity index (χ0v) is 22.1. The van der Waals surface area contributed by atoms with Crippen molar-refractivity contribution in [2.45, 2.75) is 12.0 Å². The minimum absolute atomic E-state index is 0.0358. The van der Waals surface area contributed by atoms with Gasteiger partial charge in [-0.2, -0.15) is 0 Å². The fraction of sp³-hybridized carbons (Fsp3) is 0.345. The molecule has 0 unspecified atom stereocenters. The van der Waals surface area contributed by atoms with Gasteiger partial charge in [0.05, 0.1) is 39.0 Å². The summed E-state index contributed by atoms with van der Waals surface area (Å²) in [6, 6.07) is 14.6. The first-order valence-corrected chi connectivity index (χ1v) is 12.6. The number of nitrogens with zero attached hydrogens (tertiary/aromatic N) is 4. The Balaban J connectivity index is 1.51. The van der Waals surface area contributed by atoms with Crippen LogP contribution in [0.1, 0.15) is 33.4 Å². The molecule has 2 aliphatic heterocycles. The van der Waals surface area contributed by atoms with Crippen LogP contribution in [0.25, 0.3) is 0 Å². The van der Waals surface area contributed by atoms with Gasteiger partial charge in [-0.15, -0.1) is 0 Å². The lowest BCUT2D eigenvalue weighted by Crippen LogP contribution is -2.53. The molecule has 0 spiro atoms. The number of hydrogen-bond acceptors (Lipinski definition) is 7. The van der Waals surface area contributed by atoms with Crippen LogP contribution in [0.5, 0.6) is 17.2 Å². The Hall–Kier alpha value is -4.27. The number of fused-ring (bicyclic) bond motifs is 1. The zero-order chi connectivity index (χ0) is 26.8. The fourth-order valence-corrected chi connectivity index (χ4v) is 5.54. The van der Waals surface area contributed by atoms with Crippen molar-refractivity contribution in [2.24, 2.45) is 0 Å². The minimum atomic E-state index is -0.630. The van der Waals surface area contributed by atoms with E-state index in [4.69, 9.17) is 14.2 Å². The average Bonchev–Trinajstić information content (AvgIpc) is 2.98. The summed E-state index contributed by atoms with van der Waals surface area (Å²) in [6.07, 6.45) is 3.41. The van der Waals surface area contributed by atoms with E-state index in [9.17, 15) is 9.59 Å². The van der Waals surface area contributed by atoms with E-state index < -0.39 is 12.0 Å². The second kappa shape index (κ2) is 10.6. The summed E-state index contributed by atoms with van der Waals surface area (Å²) < 4.78 is 16.6. The number of piperazine rings is 1. The van der Waals surface area contributed by atoms with Gasteiger partial charge in [0.25, 0.3) is 5.91 Å². The number of hydrogen-bond donors (Lipinski definition) is 0. The lowest BCUT2D eigenvalue weighted by molar-refractivity contribution is -0.134. The Morgan fingerprint density at radius 1 is 0.895 bits per heavy atom. The summed E-state index contributed by atoms with van der Waals surface area (Å²) in [5, 5.41) is 0. The third kappa shape index (κ3) is 4.38. The first-order chi connectivity index (χ1) is 18.5. The van der Waals surface area contributed by atoms with Crippen LogP contribution in [0.4, 0.5) is 5.69 Å². The van der Waals surface area contributed by atoms with E-state index in [1.54, 1.807) is 50.7 Å². The van der Waals surface area contributed by atoms with Crippen molar-refractivity contribution < 1.29 is 23.8 Å². The van der Waals surface area contributed by atoms with Gasteiger partial charge in [-0.25, -0.2) is 0 Å². The fourth-order valence-electron chi connectivity index (χ4n) is 5.54. The van der Waals surface area contributed by atoms with Crippen molar-refractivity contribution in [1.82, 2.24) is 14.8 Å². The normalized spacial score (nSPS) is 19.2. The smallest absolute Gasteiger partial charge is 0.254 e. The topological polar surface area (TPSA) is 84.4 Å². The van der Waals surface area contributed by atoms with Crippen LogP contribution in [0, 0.1) is 0 Å². The van der Waals surface area contributed by atoms with Crippen LogP contribution in [0.2, 0.25) is 0 Å². The predicted octanol–water partition coefficient (Wildman–Crippen LogP) is 3.37. The molecule has 5 rings (SSSR count). The number of pyridine rings is 1. The van der Waals surface area contributed by atoms with Crippen molar-refractivity contribution in [3.63, 3.8) is 0 Å². The molecule has 2 amide bonds. The molecule has 1 aromatic heterocycles. The molecular weight excluding hydrogens is 484 g/mol. The average molecular weight is 517 g/mol. The molecular formula is C29H32N4O5. The number of carbonyl (C=O) groups excluding carboxylic acids is 2. The molecule has 2 atom stereocenters. The Morgan fingerprint density at radius 2 is 1.58 bits per heavy atom. The summed E-state index contributed by atoms with van der Waals surface area (Å²) in [5.41, 5.74) is 2.89. The van der Waals surface area contributed by atoms with Crippen LogP contribution in [0.15, 0.2) is 60.9 Å². The van der Waals surface area contributed by atoms with Gasteiger partial charge in [-0.3, -0.25) is 14.6 Å². The maximum atomic E-state index is 14.3. The molecule has 0 aliphatic carbocycles. The molecule has 2 aromatic carbocycles. The number of ether oxygens (including phenoxy) is 3. The number of carbonyl (C=O) groups is 2. The number of amides is 2. The molecule has 1 saturated heterocycles. The first-order valence-electron chi connectivity index (χ1n) is 12.6. The van der Waals surface area contributed by atoms with Crippen LogP contribution < -0.4 is 19.1 Å². The quantitative estimate of drug-likeness (QED) is 0.497. The minimum Gasteiger partial charge on any atom is -0.495 e. The van der Waals surface area contributed by atoms with E-state index in [1.165, 1.54) is 7.11 Å². The zero-order valence-electron chi connectivity index (χ0n) is 22.1. The molecule has 9 nitrogen and oxygen atoms in total. The Morgan fingerprint density at radius 3 is 2.24 bits per heavy atom. The number of likely N-dealkylation sites (N-methyl/N-ethyl adjacent to an activating group) is 1. The Bertz CT molecular complexity index is 1320. The molecule has 38 heavy (non-hydrogen) atoms. The Kier molecular flexibility index (Phi) is 7.09. The molecule has 3 aromatic rings. The third-order valence-corrected chi connectivity index (χ3v) is 7.48. The second-order valence-electron chi connectivity index (χ2n) is 9.40. The summed E-state index contributed by atoms with van der Waals surface area (Å²) in [4.78, 5) is 37.9. The lowest BCUT2D eigenvalue weighted by atomic mass is 9.79. The molecule has 0 saturated carbocycles. The maximum absolute atomic E-state index is 14.3. The SMILES string of the molecule is COc1cc2c(cc1OC)[C@H](C(=O)N1CCN(c3ccccc3OC)CC1)[C@@H](c1cccnc1)N(C)C2=O. The van der Waals surface area contributed by atoms with E-state index >= 15 is 0 Å². The molecule has 0 bridgehead atoms. The molecule has 198 valence electrons. The van der Waals surface area contributed by atoms with Gasteiger partial charge in [0, 0.05) is 51.2 Å². The lowest BCUT2D eigenvalue weighted by Gasteiger charge is -2.43. The number of aromatic nitrogens is 1. The predicted molar refractivity (Wildman–Crippen MR) is 143 cm³/mol. The van der Waals surface area contributed by atoms with Crippen LogP contribution in [-0.2, 0) is 4.79 Å². The van der Waals surface area contributed by atoms with Crippen molar-refractivity contribution in [1.29, 1.82) is 0 Å². The monoisotopic (exact) mass is 516 g/mol. The summed E-state index contributed by atoms with van der Waals surface area (Å²) in [7, 11) is 6.48. The summed E-state index contributed by atoms with van der Waals surface area (Å²) in [6.45, 7) is 2.44. The van der Waals surface area contributed by atoms with E-state index in [2.05, 4.69) is 9.88 Å². The van der Waals surface area contributed by atoms with Gasteiger partial charge in [0.2, 0.25) is 5.91 Å². The molecule has 9 heteroatoms. The first kappa shape index (κ1) is 25.4. The molecule has 1 fully saturated rings. The van der Waals surface area contributed by atoms with Gasteiger partial charge < -0.3 is 28.9 Å². The maximum Gasteiger partial charge on any atom is 0.254 e. The summed E-state index contributed by atoms with van der Waals surface area (Å²) >= 11 is 0. The van der Waals surface area contributed by atoms with Gasteiger partial charge in [0.1, 0.15) is 5.75 Å².